The zero-order chi connectivity index (χ0) is 13.7. The van der Waals surface area contributed by atoms with Gasteiger partial charge >= 0.3 is 0 Å². The van der Waals surface area contributed by atoms with Gasteiger partial charge in [0.2, 0.25) is 0 Å². The lowest BCUT2D eigenvalue weighted by atomic mass is 9.76. The Morgan fingerprint density at radius 3 is 2.58 bits per heavy atom. The van der Waals surface area contributed by atoms with Gasteiger partial charge in [0, 0.05) is 12.1 Å². The van der Waals surface area contributed by atoms with Gasteiger partial charge in [-0.2, -0.15) is 5.26 Å². The molecule has 4 unspecified atom stereocenters. The molecule has 0 aromatic heterocycles. The van der Waals surface area contributed by atoms with Gasteiger partial charge in [0.25, 0.3) is 0 Å². The first-order valence-electron chi connectivity index (χ1n) is 8.45. The molecule has 0 amide bonds. The van der Waals surface area contributed by atoms with Gasteiger partial charge in [-0.05, 0) is 51.0 Å². The molecule has 2 nitrogen and oxygen atoms in total. The van der Waals surface area contributed by atoms with Gasteiger partial charge < -0.3 is 0 Å². The molecule has 2 aliphatic rings. The lowest BCUT2D eigenvalue weighted by Crippen LogP contribution is -2.48. The van der Waals surface area contributed by atoms with Crippen LogP contribution in [0.1, 0.15) is 71.6 Å². The molecule has 4 atom stereocenters. The maximum Gasteiger partial charge on any atom is 0.0672 e. The van der Waals surface area contributed by atoms with Crippen LogP contribution < -0.4 is 0 Å². The normalized spacial score (nSPS) is 37.5. The van der Waals surface area contributed by atoms with Crippen LogP contribution in [0.15, 0.2) is 0 Å². The van der Waals surface area contributed by atoms with E-state index in [4.69, 9.17) is 0 Å². The third kappa shape index (κ3) is 3.51. The van der Waals surface area contributed by atoms with E-state index in [9.17, 15) is 5.26 Å². The van der Waals surface area contributed by atoms with Crippen molar-refractivity contribution in [1.29, 1.82) is 5.26 Å². The molecule has 1 aliphatic heterocycles. The van der Waals surface area contributed by atoms with Crippen molar-refractivity contribution in [1.82, 2.24) is 4.90 Å². The lowest BCUT2D eigenvalue weighted by Gasteiger charge is -2.43. The van der Waals surface area contributed by atoms with Gasteiger partial charge in [-0.15, -0.1) is 0 Å². The molecular formula is C17H30N2. The molecule has 0 aromatic rings. The van der Waals surface area contributed by atoms with Crippen LogP contribution in [0.25, 0.3) is 0 Å². The summed E-state index contributed by atoms with van der Waals surface area (Å²) in [5, 5.41) is 9.50. The van der Waals surface area contributed by atoms with Gasteiger partial charge in [-0.1, -0.05) is 33.1 Å². The second kappa shape index (κ2) is 7.29. The summed E-state index contributed by atoms with van der Waals surface area (Å²) in [6, 6.07) is 3.90. The van der Waals surface area contributed by atoms with Gasteiger partial charge in [-0.3, -0.25) is 4.90 Å². The maximum atomic E-state index is 9.50. The quantitative estimate of drug-likeness (QED) is 0.755. The standard InChI is InChI=1S/C17H30N2/c1-3-14-9-10-15(13-18)17(12-14)19-11-7-5-6-8-16(19)4-2/h14-17H,3-12H2,1-2H3. The summed E-state index contributed by atoms with van der Waals surface area (Å²) in [7, 11) is 0. The molecule has 19 heavy (non-hydrogen) atoms. The Balaban J connectivity index is 2.11. The summed E-state index contributed by atoms with van der Waals surface area (Å²) in [6.45, 7) is 5.87. The molecule has 0 aromatic carbocycles. The van der Waals surface area contributed by atoms with Crippen LogP contribution >= 0.6 is 0 Å². The molecule has 2 fully saturated rings. The minimum atomic E-state index is 0.287. The molecule has 0 radical (unpaired) electrons. The minimum absolute atomic E-state index is 0.287. The molecule has 0 bridgehead atoms. The first kappa shape index (κ1) is 14.9. The monoisotopic (exact) mass is 262 g/mol. The van der Waals surface area contributed by atoms with E-state index in [1.54, 1.807) is 0 Å². The van der Waals surface area contributed by atoms with E-state index in [1.165, 1.54) is 57.9 Å². The van der Waals surface area contributed by atoms with Gasteiger partial charge in [0.15, 0.2) is 0 Å². The first-order chi connectivity index (χ1) is 9.30. The summed E-state index contributed by atoms with van der Waals surface area (Å²) < 4.78 is 0. The average molecular weight is 262 g/mol. The summed E-state index contributed by atoms with van der Waals surface area (Å²) in [6.07, 6.45) is 11.7. The Morgan fingerprint density at radius 2 is 1.89 bits per heavy atom. The van der Waals surface area contributed by atoms with Gasteiger partial charge in [0.05, 0.1) is 12.0 Å². The molecule has 108 valence electrons. The van der Waals surface area contributed by atoms with Crippen molar-refractivity contribution >= 4 is 0 Å². The van der Waals surface area contributed by atoms with Crippen LogP contribution in [-0.2, 0) is 0 Å². The van der Waals surface area contributed by atoms with Gasteiger partial charge in [0.1, 0.15) is 0 Å². The smallest absolute Gasteiger partial charge is 0.0672 e. The fourth-order valence-electron chi connectivity index (χ4n) is 4.19. The molecule has 1 saturated heterocycles. The molecule has 1 aliphatic carbocycles. The highest BCUT2D eigenvalue weighted by Gasteiger charge is 2.36. The van der Waals surface area contributed by atoms with Crippen molar-refractivity contribution in [3.05, 3.63) is 0 Å². The molecule has 0 N–H and O–H groups in total. The Hall–Kier alpha value is -0.550. The number of nitriles is 1. The van der Waals surface area contributed by atoms with Crippen molar-refractivity contribution in [3.8, 4) is 6.07 Å². The number of rotatable bonds is 3. The summed E-state index contributed by atoms with van der Waals surface area (Å²) in [4.78, 5) is 2.74. The number of likely N-dealkylation sites (tertiary alicyclic amines) is 1. The van der Waals surface area contributed by atoms with Crippen molar-refractivity contribution in [2.75, 3.05) is 6.54 Å². The third-order valence-corrected chi connectivity index (χ3v) is 5.49. The van der Waals surface area contributed by atoms with E-state index in [1.807, 2.05) is 0 Å². The first-order valence-corrected chi connectivity index (χ1v) is 8.45. The summed E-state index contributed by atoms with van der Waals surface area (Å²) in [5.41, 5.74) is 0. The third-order valence-electron chi connectivity index (χ3n) is 5.49. The van der Waals surface area contributed by atoms with E-state index >= 15 is 0 Å². The predicted octanol–water partition coefficient (Wildman–Crippen LogP) is 4.36. The lowest BCUT2D eigenvalue weighted by molar-refractivity contribution is 0.0612. The molecule has 1 heterocycles. The summed E-state index contributed by atoms with van der Waals surface area (Å²) >= 11 is 0. The van der Waals surface area contributed by atoms with Crippen LogP contribution in [0.5, 0.6) is 0 Å². The minimum Gasteiger partial charge on any atom is -0.296 e. The fraction of sp³-hybridized carbons (Fsp3) is 0.941. The fourth-order valence-corrected chi connectivity index (χ4v) is 4.19. The number of hydrogen-bond acceptors (Lipinski definition) is 2. The van der Waals surface area contributed by atoms with E-state index in [-0.39, 0.29) is 5.92 Å². The van der Waals surface area contributed by atoms with Crippen molar-refractivity contribution in [2.24, 2.45) is 11.8 Å². The van der Waals surface area contributed by atoms with Crippen LogP contribution in [0.3, 0.4) is 0 Å². The maximum absolute atomic E-state index is 9.50. The Morgan fingerprint density at radius 1 is 1.05 bits per heavy atom. The summed E-state index contributed by atoms with van der Waals surface area (Å²) in [5.74, 6) is 1.14. The zero-order valence-electron chi connectivity index (χ0n) is 12.8. The highest BCUT2D eigenvalue weighted by atomic mass is 15.2. The molecule has 0 spiro atoms. The molecule has 2 rings (SSSR count). The highest BCUT2D eigenvalue weighted by molar-refractivity contribution is 4.99. The Kier molecular flexibility index (Phi) is 5.70. The van der Waals surface area contributed by atoms with Crippen molar-refractivity contribution in [3.63, 3.8) is 0 Å². The van der Waals surface area contributed by atoms with Gasteiger partial charge in [-0.25, -0.2) is 0 Å². The van der Waals surface area contributed by atoms with Crippen molar-refractivity contribution in [2.45, 2.75) is 83.7 Å². The van der Waals surface area contributed by atoms with E-state index in [0.29, 0.717) is 6.04 Å². The van der Waals surface area contributed by atoms with Crippen LogP contribution in [-0.4, -0.2) is 23.5 Å². The van der Waals surface area contributed by atoms with E-state index in [0.717, 1.165) is 18.4 Å². The predicted molar refractivity (Wildman–Crippen MR) is 79.8 cm³/mol. The second-order valence-corrected chi connectivity index (χ2v) is 6.54. The van der Waals surface area contributed by atoms with Crippen molar-refractivity contribution < 1.29 is 0 Å². The second-order valence-electron chi connectivity index (χ2n) is 6.54. The highest BCUT2D eigenvalue weighted by Crippen LogP contribution is 2.36. The topological polar surface area (TPSA) is 27.0 Å². The largest absolute Gasteiger partial charge is 0.296 e. The van der Waals surface area contributed by atoms with Crippen LogP contribution in [0, 0.1) is 23.2 Å². The Labute approximate surface area is 119 Å². The van der Waals surface area contributed by atoms with E-state index in [2.05, 4.69) is 24.8 Å². The Bertz CT molecular complexity index is 307. The molecule has 2 heteroatoms. The zero-order valence-corrected chi connectivity index (χ0v) is 12.8. The SMILES string of the molecule is CCC1CCC(C#N)C(N2CCCCCC2CC)C1. The molecular weight excluding hydrogens is 232 g/mol. The molecule has 1 saturated carbocycles. The van der Waals surface area contributed by atoms with E-state index < -0.39 is 0 Å². The van der Waals surface area contributed by atoms with Crippen LogP contribution in [0.4, 0.5) is 0 Å². The number of nitrogens with zero attached hydrogens (tertiary/aromatic N) is 2. The van der Waals surface area contributed by atoms with Crippen LogP contribution in [0.2, 0.25) is 0 Å². The average Bonchev–Trinajstić information content (AvgIpc) is 2.71. The number of hydrogen-bond donors (Lipinski definition) is 0.